The summed E-state index contributed by atoms with van der Waals surface area (Å²) in [4.78, 5) is 22.2. The van der Waals surface area contributed by atoms with Gasteiger partial charge in [-0.3, -0.25) is 4.79 Å². The lowest BCUT2D eigenvalue weighted by Gasteiger charge is -2.38. The smallest absolute Gasteiger partial charge is 0.246 e. The zero-order chi connectivity index (χ0) is 17.6. The number of likely N-dealkylation sites (tertiary alicyclic amines) is 1. The molecular formula is C18H20N4O3. The average molecular weight is 340 g/mol. The van der Waals surface area contributed by atoms with Crippen LogP contribution >= 0.6 is 0 Å². The van der Waals surface area contributed by atoms with Crippen LogP contribution in [0.3, 0.4) is 0 Å². The molecule has 0 spiro atoms. The molecule has 1 aliphatic rings. The molecule has 2 aromatic rings. The summed E-state index contributed by atoms with van der Waals surface area (Å²) in [5.74, 6) is 1.85. The first-order valence-corrected chi connectivity index (χ1v) is 7.92. The van der Waals surface area contributed by atoms with E-state index in [1.807, 2.05) is 18.2 Å². The molecule has 0 radical (unpaired) electrons. The number of nitrogens with one attached hydrogen (secondary N) is 1. The van der Waals surface area contributed by atoms with Crippen molar-refractivity contribution in [1.82, 2.24) is 14.9 Å². The van der Waals surface area contributed by atoms with Crippen LogP contribution in [0, 0.1) is 0 Å². The topological polar surface area (TPSA) is 76.6 Å². The van der Waals surface area contributed by atoms with Crippen LogP contribution in [0.4, 0.5) is 5.95 Å². The standard InChI is InChI=1S/C18H20N4O3/c1-24-15-6-4-13(10-16(15)25-2)5-7-17(23)22-11-14(12-22)21-18-19-8-3-9-20-18/h3-10,14H,11-12H2,1-2H3,(H,19,20,21)/b7-5+. The lowest BCUT2D eigenvalue weighted by Crippen LogP contribution is -2.56. The predicted molar refractivity (Wildman–Crippen MR) is 94.6 cm³/mol. The van der Waals surface area contributed by atoms with Gasteiger partial charge < -0.3 is 19.7 Å². The van der Waals surface area contributed by atoms with E-state index in [9.17, 15) is 4.79 Å². The van der Waals surface area contributed by atoms with Crippen LogP contribution < -0.4 is 14.8 Å². The first-order chi connectivity index (χ1) is 12.2. The molecule has 7 heteroatoms. The van der Waals surface area contributed by atoms with Gasteiger partial charge in [-0.2, -0.15) is 0 Å². The summed E-state index contributed by atoms with van der Waals surface area (Å²) in [6.45, 7) is 1.26. The van der Waals surface area contributed by atoms with Gasteiger partial charge in [0, 0.05) is 31.6 Å². The molecule has 3 rings (SSSR count). The molecule has 1 aliphatic heterocycles. The van der Waals surface area contributed by atoms with Crippen LogP contribution in [-0.4, -0.2) is 54.1 Å². The summed E-state index contributed by atoms with van der Waals surface area (Å²) < 4.78 is 10.5. The van der Waals surface area contributed by atoms with Crippen molar-refractivity contribution in [3.63, 3.8) is 0 Å². The SMILES string of the molecule is COc1ccc(/C=C/C(=O)N2CC(Nc3ncccn3)C2)cc1OC. The Morgan fingerprint density at radius 2 is 1.92 bits per heavy atom. The van der Waals surface area contributed by atoms with Crippen molar-refractivity contribution >= 4 is 17.9 Å². The number of amides is 1. The Hall–Kier alpha value is -3.09. The van der Waals surface area contributed by atoms with Crippen molar-refractivity contribution < 1.29 is 14.3 Å². The number of benzene rings is 1. The van der Waals surface area contributed by atoms with Crippen LogP contribution in [0.1, 0.15) is 5.56 Å². The average Bonchev–Trinajstić information content (AvgIpc) is 2.62. The number of carbonyl (C=O) groups excluding carboxylic acids is 1. The quantitative estimate of drug-likeness (QED) is 0.809. The number of hydrogen-bond donors (Lipinski definition) is 1. The summed E-state index contributed by atoms with van der Waals surface area (Å²) in [6.07, 6.45) is 6.70. The van der Waals surface area contributed by atoms with Crippen molar-refractivity contribution in [3.8, 4) is 11.5 Å². The molecule has 1 aromatic carbocycles. The minimum atomic E-state index is -0.0261. The second-order valence-corrected chi connectivity index (χ2v) is 5.60. The Labute approximate surface area is 146 Å². The Morgan fingerprint density at radius 3 is 2.60 bits per heavy atom. The van der Waals surface area contributed by atoms with Gasteiger partial charge in [0.15, 0.2) is 11.5 Å². The van der Waals surface area contributed by atoms with Crippen LogP contribution in [0.25, 0.3) is 6.08 Å². The van der Waals surface area contributed by atoms with E-state index in [0.717, 1.165) is 5.56 Å². The maximum atomic E-state index is 12.2. The van der Waals surface area contributed by atoms with Crippen LogP contribution in [0.15, 0.2) is 42.7 Å². The minimum Gasteiger partial charge on any atom is -0.493 e. The highest BCUT2D eigenvalue weighted by Gasteiger charge is 2.29. The zero-order valence-electron chi connectivity index (χ0n) is 14.2. The summed E-state index contributed by atoms with van der Waals surface area (Å²) >= 11 is 0. The molecule has 1 amide bonds. The Kier molecular flexibility index (Phi) is 5.13. The molecule has 1 saturated heterocycles. The van der Waals surface area contributed by atoms with E-state index in [0.29, 0.717) is 30.5 Å². The zero-order valence-corrected chi connectivity index (χ0v) is 14.2. The summed E-state index contributed by atoms with van der Waals surface area (Å²) in [6, 6.07) is 7.46. The monoisotopic (exact) mass is 340 g/mol. The van der Waals surface area contributed by atoms with Gasteiger partial charge in [-0.15, -0.1) is 0 Å². The molecule has 2 heterocycles. The van der Waals surface area contributed by atoms with Crippen molar-refractivity contribution in [2.24, 2.45) is 0 Å². The first kappa shape index (κ1) is 16.8. The lowest BCUT2D eigenvalue weighted by molar-refractivity contribution is -0.129. The number of hydrogen-bond acceptors (Lipinski definition) is 6. The van der Waals surface area contributed by atoms with Gasteiger partial charge in [0.25, 0.3) is 0 Å². The van der Waals surface area contributed by atoms with E-state index in [-0.39, 0.29) is 11.9 Å². The van der Waals surface area contributed by atoms with Gasteiger partial charge in [-0.05, 0) is 29.8 Å². The molecule has 25 heavy (non-hydrogen) atoms. The lowest BCUT2D eigenvalue weighted by atomic mass is 10.1. The maximum absolute atomic E-state index is 12.2. The highest BCUT2D eigenvalue weighted by Crippen LogP contribution is 2.28. The number of carbonyl (C=O) groups is 1. The van der Waals surface area contributed by atoms with E-state index in [1.54, 1.807) is 49.7 Å². The molecule has 0 saturated carbocycles. The van der Waals surface area contributed by atoms with E-state index in [2.05, 4.69) is 15.3 Å². The first-order valence-electron chi connectivity index (χ1n) is 7.92. The number of aromatic nitrogens is 2. The van der Waals surface area contributed by atoms with E-state index < -0.39 is 0 Å². The van der Waals surface area contributed by atoms with Gasteiger partial charge in [-0.25, -0.2) is 9.97 Å². The number of anilines is 1. The van der Waals surface area contributed by atoms with E-state index in [4.69, 9.17) is 9.47 Å². The molecule has 130 valence electrons. The van der Waals surface area contributed by atoms with Gasteiger partial charge in [0.1, 0.15) is 0 Å². The molecule has 1 aromatic heterocycles. The number of methoxy groups -OCH3 is 2. The normalized spacial score (nSPS) is 14.2. The van der Waals surface area contributed by atoms with Gasteiger partial charge in [-0.1, -0.05) is 6.07 Å². The molecule has 1 N–H and O–H groups in total. The maximum Gasteiger partial charge on any atom is 0.246 e. The van der Waals surface area contributed by atoms with E-state index in [1.165, 1.54) is 0 Å². The molecule has 1 fully saturated rings. The molecule has 0 bridgehead atoms. The van der Waals surface area contributed by atoms with Crippen LogP contribution in [0.5, 0.6) is 11.5 Å². The molecule has 0 aliphatic carbocycles. The van der Waals surface area contributed by atoms with Gasteiger partial charge >= 0.3 is 0 Å². The highest BCUT2D eigenvalue weighted by atomic mass is 16.5. The third-order valence-electron chi connectivity index (χ3n) is 3.92. The van der Waals surface area contributed by atoms with E-state index >= 15 is 0 Å². The fourth-order valence-corrected chi connectivity index (χ4v) is 2.54. The molecule has 0 unspecified atom stereocenters. The van der Waals surface area contributed by atoms with Crippen LogP contribution in [-0.2, 0) is 4.79 Å². The fourth-order valence-electron chi connectivity index (χ4n) is 2.54. The Balaban J connectivity index is 1.52. The number of nitrogens with zero attached hydrogens (tertiary/aromatic N) is 3. The van der Waals surface area contributed by atoms with Crippen LogP contribution in [0.2, 0.25) is 0 Å². The Bertz CT molecular complexity index is 758. The number of ether oxygens (including phenoxy) is 2. The predicted octanol–water partition coefficient (Wildman–Crippen LogP) is 1.83. The van der Waals surface area contributed by atoms with Crippen molar-refractivity contribution in [2.45, 2.75) is 6.04 Å². The van der Waals surface area contributed by atoms with Gasteiger partial charge in [0.2, 0.25) is 11.9 Å². The second kappa shape index (κ2) is 7.65. The minimum absolute atomic E-state index is 0.0261. The van der Waals surface area contributed by atoms with Crippen molar-refractivity contribution in [1.29, 1.82) is 0 Å². The third-order valence-corrected chi connectivity index (χ3v) is 3.92. The van der Waals surface area contributed by atoms with Crippen molar-refractivity contribution in [3.05, 3.63) is 48.3 Å². The summed E-state index contributed by atoms with van der Waals surface area (Å²) in [7, 11) is 3.17. The largest absolute Gasteiger partial charge is 0.493 e. The van der Waals surface area contributed by atoms with Crippen molar-refractivity contribution in [2.75, 3.05) is 32.6 Å². The Morgan fingerprint density at radius 1 is 1.20 bits per heavy atom. The second-order valence-electron chi connectivity index (χ2n) is 5.60. The summed E-state index contributed by atoms with van der Waals surface area (Å²) in [5.41, 5.74) is 0.874. The third kappa shape index (κ3) is 4.06. The fraction of sp³-hybridized carbons (Fsp3) is 0.278. The molecule has 7 nitrogen and oxygen atoms in total. The molecule has 0 atom stereocenters. The number of rotatable bonds is 6. The molecular weight excluding hydrogens is 320 g/mol. The highest BCUT2D eigenvalue weighted by molar-refractivity contribution is 5.92. The summed E-state index contributed by atoms with van der Waals surface area (Å²) in [5, 5.41) is 3.19. The van der Waals surface area contributed by atoms with Gasteiger partial charge in [0.05, 0.1) is 20.3 Å².